The number of sulfone groups is 1. The highest BCUT2D eigenvalue weighted by Crippen LogP contribution is 2.29. The molecule has 4 aromatic rings. The molecule has 15 heteroatoms. The summed E-state index contributed by atoms with van der Waals surface area (Å²) in [5, 5.41) is 14.4. The third-order valence-corrected chi connectivity index (χ3v) is 8.89. The number of carbonyl (C=O) groups excluding carboxylic acids is 2. The summed E-state index contributed by atoms with van der Waals surface area (Å²) in [5.74, 6) is -1.65. The average Bonchev–Trinajstić information content (AvgIpc) is 3.44. The lowest BCUT2D eigenvalue weighted by molar-refractivity contribution is -0.832. The first-order chi connectivity index (χ1) is 18.6. The minimum absolute atomic E-state index is 0.158. The van der Waals surface area contributed by atoms with Crippen LogP contribution in [-0.2, 0) is 19.9 Å². The van der Waals surface area contributed by atoms with Gasteiger partial charge in [0.25, 0.3) is 21.7 Å². The highest BCUT2D eigenvalue weighted by molar-refractivity contribution is 7.91. The molecule has 1 aromatic heterocycles. The van der Waals surface area contributed by atoms with Crippen molar-refractivity contribution in [1.82, 2.24) is 9.88 Å². The molecule has 0 atom stereocenters. The van der Waals surface area contributed by atoms with Gasteiger partial charge in [0, 0.05) is 6.54 Å². The van der Waals surface area contributed by atoms with Crippen LogP contribution in [0.2, 0.25) is 0 Å². The largest absolute Gasteiger partial charge is 0.453 e. The van der Waals surface area contributed by atoms with Crippen LogP contribution < -0.4 is 19.3 Å². The van der Waals surface area contributed by atoms with E-state index in [-0.39, 0.29) is 38.1 Å². The van der Waals surface area contributed by atoms with Gasteiger partial charge in [-0.15, -0.1) is 0 Å². The first kappa shape index (κ1) is 26.0. The number of hydrogen-bond donors (Lipinski definition) is 1. The van der Waals surface area contributed by atoms with E-state index in [1.54, 1.807) is 18.2 Å². The summed E-state index contributed by atoms with van der Waals surface area (Å²) in [5.41, 5.74) is 0.720. The van der Waals surface area contributed by atoms with E-state index in [0.29, 0.717) is 0 Å². The van der Waals surface area contributed by atoms with Crippen LogP contribution in [0.15, 0.2) is 98.3 Å². The van der Waals surface area contributed by atoms with Crippen molar-refractivity contribution in [2.75, 3.05) is 18.1 Å². The number of nitrogens with one attached hydrogen (secondary N) is 1. The molecule has 0 radical (unpaired) electrons. The van der Waals surface area contributed by atoms with Crippen molar-refractivity contribution in [1.29, 1.82) is 0 Å². The van der Waals surface area contributed by atoms with E-state index in [4.69, 9.17) is 4.74 Å². The van der Waals surface area contributed by atoms with Gasteiger partial charge in [-0.05, 0) is 53.4 Å². The Morgan fingerprint density at radius 2 is 1.44 bits per heavy atom. The Bertz CT molecular complexity index is 1750. The van der Waals surface area contributed by atoms with Gasteiger partial charge in [0.05, 0.1) is 31.8 Å². The third kappa shape index (κ3) is 4.73. The highest BCUT2D eigenvalue weighted by Gasteiger charge is 2.37. The smallest absolute Gasteiger partial charge is 0.415 e. The predicted octanol–water partition coefficient (Wildman–Crippen LogP) is 1.30. The van der Waals surface area contributed by atoms with Crippen molar-refractivity contribution in [2.45, 2.75) is 14.8 Å². The molecule has 0 spiro atoms. The number of imide groups is 1. The van der Waals surface area contributed by atoms with E-state index in [0.717, 1.165) is 4.90 Å². The SMILES string of the molecule is O=C1c2ccccc2C(=O)N1c1ccc(S(=O)(=O)NCCOc2no[n+]([O-])c2S(=O)(=O)c2ccccc2)cc1. The van der Waals surface area contributed by atoms with Gasteiger partial charge >= 0.3 is 10.9 Å². The molecule has 3 aromatic carbocycles. The van der Waals surface area contributed by atoms with E-state index >= 15 is 0 Å². The standard InChI is InChI=1S/C24H18N4O9S2/c29-22-19-8-4-5-9-20(19)23(30)27(22)16-10-12-18(13-11-16)39(34,35)25-14-15-36-21-24(28(31)37-26-21)38(32,33)17-6-2-1-3-7-17/h1-13,25H,14-15H2. The third-order valence-electron chi connectivity index (χ3n) is 5.69. The minimum Gasteiger partial charge on any atom is -0.453 e. The average molecular weight is 571 g/mol. The maximum atomic E-state index is 12.8. The minimum atomic E-state index is -4.32. The highest BCUT2D eigenvalue weighted by atomic mass is 32.2. The summed E-state index contributed by atoms with van der Waals surface area (Å²) < 4.78 is 62.8. The molecule has 2 heterocycles. The molecule has 0 aliphatic carbocycles. The zero-order valence-corrected chi connectivity index (χ0v) is 21.4. The lowest BCUT2D eigenvalue weighted by Gasteiger charge is -2.14. The molecule has 0 unspecified atom stereocenters. The molecule has 1 aliphatic heterocycles. The second kappa shape index (κ2) is 9.94. The molecule has 200 valence electrons. The Morgan fingerprint density at radius 1 is 0.846 bits per heavy atom. The first-order valence-electron chi connectivity index (χ1n) is 11.2. The number of benzene rings is 3. The van der Waals surface area contributed by atoms with Gasteiger partial charge in [-0.2, -0.15) is 0 Å². The number of carbonyl (C=O) groups is 2. The molecule has 39 heavy (non-hydrogen) atoms. The summed E-state index contributed by atoms with van der Waals surface area (Å²) >= 11 is 0. The summed E-state index contributed by atoms with van der Waals surface area (Å²) in [6.45, 7) is -0.713. The number of sulfonamides is 1. The number of amides is 2. The van der Waals surface area contributed by atoms with Crippen LogP contribution >= 0.6 is 0 Å². The van der Waals surface area contributed by atoms with E-state index in [1.165, 1.54) is 60.7 Å². The van der Waals surface area contributed by atoms with Gasteiger partial charge in [0.2, 0.25) is 10.0 Å². The molecular weight excluding hydrogens is 552 g/mol. The number of anilines is 1. The number of fused-ring (bicyclic) bond motifs is 1. The quantitative estimate of drug-likeness (QED) is 0.175. The number of rotatable bonds is 9. The molecule has 0 bridgehead atoms. The Kier molecular flexibility index (Phi) is 6.63. The van der Waals surface area contributed by atoms with E-state index < -0.39 is 49.2 Å². The zero-order chi connectivity index (χ0) is 27.8. The van der Waals surface area contributed by atoms with Crippen LogP contribution in [0.3, 0.4) is 0 Å². The number of nitrogens with zero attached hydrogens (tertiary/aromatic N) is 3. The number of aromatic nitrogens is 2. The fourth-order valence-electron chi connectivity index (χ4n) is 3.85. The number of ether oxygens (including phenoxy) is 1. The van der Waals surface area contributed by atoms with Crippen molar-refractivity contribution in [3.63, 3.8) is 0 Å². The molecule has 0 saturated carbocycles. The second-order valence-corrected chi connectivity index (χ2v) is 11.7. The van der Waals surface area contributed by atoms with E-state index in [9.17, 15) is 31.6 Å². The van der Waals surface area contributed by atoms with Gasteiger partial charge in [-0.1, -0.05) is 30.3 Å². The van der Waals surface area contributed by atoms with E-state index in [2.05, 4.69) is 14.5 Å². The van der Waals surface area contributed by atoms with Gasteiger partial charge in [0.1, 0.15) is 6.61 Å². The fourth-order valence-corrected chi connectivity index (χ4v) is 6.15. The molecule has 0 fully saturated rings. The first-order valence-corrected chi connectivity index (χ1v) is 14.2. The van der Waals surface area contributed by atoms with Crippen LogP contribution in [0.4, 0.5) is 5.69 Å². The van der Waals surface area contributed by atoms with Crippen LogP contribution in [0, 0.1) is 5.21 Å². The zero-order valence-electron chi connectivity index (χ0n) is 19.8. The summed E-state index contributed by atoms with van der Waals surface area (Å²) in [4.78, 5) is 25.6. The second-order valence-electron chi connectivity index (χ2n) is 8.09. The topological polar surface area (TPSA) is 180 Å². The van der Waals surface area contributed by atoms with Crippen LogP contribution in [0.1, 0.15) is 20.7 Å². The molecular formula is C24H18N4O9S2. The Morgan fingerprint density at radius 3 is 2.05 bits per heavy atom. The lowest BCUT2D eigenvalue weighted by Crippen LogP contribution is -2.32. The summed E-state index contributed by atoms with van der Waals surface area (Å²) in [6, 6.07) is 18.6. The summed E-state index contributed by atoms with van der Waals surface area (Å²) in [6.07, 6.45) is 0. The monoisotopic (exact) mass is 570 g/mol. The van der Waals surface area contributed by atoms with Gasteiger partial charge in [-0.3, -0.25) is 14.2 Å². The molecule has 0 saturated heterocycles. The predicted molar refractivity (Wildman–Crippen MR) is 132 cm³/mol. The van der Waals surface area contributed by atoms with Gasteiger partial charge in [-0.25, -0.2) is 26.5 Å². The lowest BCUT2D eigenvalue weighted by atomic mass is 10.1. The molecule has 1 N–H and O–H groups in total. The Balaban J connectivity index is 1.23. The Labute approximate surface area is 221 Å². The van der Waals surface area contributed by atoms with Crippen molar-refractivity contribution in [3.8, 4) is 5.88 Å². The molecule has 2 amide bonds. The molecule has 5 rings (SSSR count). The summed E-state index contributed by atoms with van der Waals surface area (Å²) in [7, 11) is -8.38. The van der Waals surface area contributed by atoms with Crippen LogP contribution in [0.25, 0.3) is 0 Å². The van der Waals surface area contributed by atoms with Crippen LogP contribution in [0.5, 0.6) is 5.88 Å². The van der Waals surface area contributed by atoms with Gasteiger partial charge in [0.15, 0.2) is 0 Å². The fraction of sp³-hybridized carbons (Fsp3) is 0.0833. The maximum Gasteiger partial charge on any atom is 0.415 e. The number of hydrogen-bond acceptors (Lipinski definition) is 10. The van der Waals surface area contributed by atoms with Crippen molar-refractivity contribution in [2.24, 2.45) is 0 Å². The van der Waals surface area contributed by atoms with Crippen molar-refractivity contribution < 1.29 is 40.7 Å². The molecule has 13 nitrogen and oxygen atoms in total. The maximum absolute atomic E-state index is 12.8. The van der Waals surface area contributed by atoms with Crippen molar-refractivity contribution in [3.05, 3.63) is 95.2 Å². The normalized spacial score (nSPS) is 13.5. The molecule has 1 aliphatic rings. The Hall–Kier alpha value is -4.60. The van der Waals surface area contributed by atoms with Crippen molar-refractivity contribution >= 4 is 37.4 Å². The van der Waals surface area contributed by atoms with Crippen LogP contribution in [-0.4, -0.2) is 47.0 Å². The van der Waals surface area contributed by atoms with Gasteiger partial charge < -0.3 is 9.94 Å². The van der Waals surface area contributed by atoms with E-state index in [1.807, 2.05) is 0 Å².